The highest BCUT2D eigenvalue weighted by atomic mass is 35.5. The average Bonchev–Trinajstić information content (AvgIpc) is 2.79. The Kier molecular flexibility index (Phi) is 8.20. The van der Waals surface area contributed by atoms with E-state index >= 15 is 0 Å². The largest absolute Gasteiger partial charge is 0.484 e. The minimum Gasteiger partial charge on any atom is -0.484 e. The van der Waals surface area contributed by atoms with Crippen LogP contribution in [0.3, 0.4) is 0 Å². The van der Waals surface area contributed by atoms with Gasteiger partial charge in [0.05, 0.1) is 16.9 Å². The van der Waals surface area contributed by atoms with Gasteiger partial charge in [0, 0.05) is 6.42 Å². The van der Waals surface area contributed by atoms with Crippen molar-refractivity contribution in [3.63, 3.8) is 0 Å². The maximum atomic E-state index is 12.0. The molecule has 0 aromatic heterocycles. The molecule has 6 nitrogen and oxygen atoms in total. The normalized spacial score (nSPS) is 10.6. The Morgan fingerprint density at radius 2 is 1.61 bits per heavy atom. The molecule has 0 atom stereocenters. The first-order valence-electron chi connectivity index (χ1n) is 9.73. The predicted octanol–water partition coefficient (Wildman–Crippen LogP) is 4.44. The first kappa shape index (κ1) is 22.1. The number of hydrogen-bond acceptors (Lipinski definition) is 4. The molecule has 0 saturated heterocycles. The van der Waals surface area contributed by atoms with Gasteiger partial charge in [-0.15, -0.1) is 0 Å². The number of hydrazone groups is 1. The van der Waals surface area contributed by atoms with Gasteiger partial charge in [0.2, 0.25) is 5.91 Å². The van der Waals surface area contributed by atoms with Gasteiger partial charge >= 0.3 is 0 Å². The summed E-state index contributed by atoms with van der Waals surface area (Å²) < 4.78 is 5.48. The fraction of sp³-hybridized carbons (Fsp3) is 0.125. The van der Waals surface area contributed by atoms with Gasteiger partial charge in [-0.1, -0.05) is 54.1 Å². The van der Waals surface area contributed by atoms with Crippen molar-refractivity contribution in [1.29, 1.82) is 0 Å². The summed E-state index contributed by atoms with van der Waals surface area (Å²) in [5, 5.41) is 7.13. The number of benzene rings is 3. The molecule has 158 valence electrons. The number of para-hydroxylation sites is 1. The summed E-state index contributed by atoms with van der Waals surface area (Å²) in [6.45, 7) is -0.143. The van der Waals surface area contributed by atoms with Crippen molar-refractivity contribution in [1.82, 2.24) is 5.43 Å². The average molecular weight is 436 g/mol. The summed E-state index contributed by atoms with van der Waals surface area (Å²) in [7, 11) is 0. The van der Waals surface area contributed by atoms with Crippen LogP contribution in [0.5, 0.6) is 5.75 Å². The molecule has 7 heteroatoms. The van der Waals surface area contributed by atoms with Gasteiger partial charge in [0.15, 0.2) is 6.61 Å². The Hall–Kier alpha value is -3.64. The summed E-state index contributed by atoms with van der Waals surface area (Å²) in [5.41, 5.74) is 4.95. The highest BCUT2D eigenvalue weighted by Crippen LogP contribution is 2.20. The lowest BCUT2D eigenvalue weighted by Gasteiger charge is -2.08. The van der Waals surface area contributed by atoms with E-state index in [4.69, 9.17) is 16.3 Å². The monoisotopic (exact) mass is 435 g/mol. The van der Waals surface area contributed by atoms with Gasteiger partial charge < -0.3 is 10.1 Å². The van der Waals surface area contributed by atoms with Crippen molar-refractivity contribution in [2.45, 2.75) is 12.8 Å². The Morgan fingerprint density at radius 3 is 2.35 bits per heavy atom. The van der Waals surface area contributed by atoms with Gasteiger partial charge in [-0.3, -0.25) is 9.59 Å². The molecule has 31 heavy (non-hydrogen) atoms. The summed E-state index contributed by atoms with van der Waals surface area (Å²) in [6, 6.07) is 23.8. The molecule has 0 fully saturated rings. The third-order valence-electron chi connectivity index (χ3n) is 4.28. The Balaban J connectivity index is 1.39. The van der Waals surface area contributed by atoms with Crippen molar-refractivity contribution in [3.8, 4) is 5.75 Å². The van der Waals surface area contributed by atoms with Gasteiger partial charge in [-0.25, -0.2) is 5.43 Å². The quantitative estimate of drug-likeness (QED) is 0.385. The van der Waals surface area contributed by atoms with Gasteiger partial charge in [-0.2, -0.15) is 5.10 Å². The smallest absolute Gasteiger partial charge is 0.262 e. The van der Waals surface area contributed by atoms with Gasteiger partial charge in [-0.05, 0) is 53.9 Å². The highest BCUT2D eigenvalue weighted by Gasteiger charge is 2.06. The van der Waals surface area contributed by atoms with E-state index in [-0.39, 0.29) is 18.4 Å². The van der Waals surface area contributed by atoms with Crippen LogP contribution in [0.2, 0.25) is 5.02 Å². The molecule has 3 rings (SSSR count). The zero-order chi connectivity index (χ0) is 21.9. The molecule has 0 aliphatic carbocycles. The van der Waals surface area contributed by atoms with E-state index in [0.717, 1.165) is 11.1 Å². The minimum atomic E-state index is -0.308. The van der Waals surface area contributed by atoms with Crippen molar-refractivity contribution < 1.29 is 14.3 Å². The van der Waals surface area contributed by atoms with E-state index in [1.54, 1.807) is 54.7 Å². The van der Waals surface area contributed by atoms with Crippen LogP contribution in [0, 0.1) is 0 Å². The summed E-state index contributed by atoms with van der Waals surface area (Å²) in [5.74, 6) is 0.0832. The number of hydrogen-bond donors (Lipinski definition) is 2. The maximum absolute atomic E-state index is 12.0. The van der Waals surface area contributed by atoms with Crippen LogP contribution in [0.1, 0.15) is 17.5 Å². The molecule has 0 unspecified atom stereocenters. The van der Waals surface area contributed by atoms with Crippen LogP contribution in [0.15, 0.2) is 84.0 Å². The summed E-state index contributed by atoms with van der Waals surface area (Å²) >= 11 is 6.02. The number of anilines is 1. The fourth-order valence-electron chi connectivity index (χ4n) is 2.69. The number of aryl methyl sites for hydroxylation is 1. The first-order valence-corrected chi connectivity index (χ1v) is 10.1. The van der Waals surface area contributed by atoms with E-state index in [9.17, 15) is 9.59 Å². The third-order valence-corrected chi connectivity index (χ3v) is 4.61. The summed E-state index contributed by atoms with van der Waals surface area (Å²) in [4.78, 5) is 23.9. The number of halogens is 1. The minimum absolute atomic E-state index is 0.143. The highest BCUT2D eigenvalue weighted by molar-refractivity contribution is 6.33. The molecule has 2 amide bonds. The van der Waals surface area contributed by atoms with Crippen molar-refractivity contribution in [2.75, 3.05) is 11.9 Å². The fourth-order valence-corrected chi connectivity index (χ4v) is 2.87. The van der Waals surface area contributed by atoms with E-state index < -0.39 is 0 Å². The van der Waals surface area contributed by atoms with Crippen LogP contribution in [-0.2, 0) is 16.0 Å². The molecule has 2 N–H and O–H groups in total. The standard InChI is InChI=1S/C24H22ClN3O3/c25-21-8-4-5-9-22(21)27-24(30)17-31-20-13-10-19(11-14-20)16-26-28-23(29)15-12-18-6-2-1-3-7-18/h1-11,13-14,16H,12,15,17H2,(H,27,30)(H,28,29)/b26-16-. The molecule has 0 saturated carbocycles. The second kappa shape index (κ2) is 11.5. The molecular weight excluding hydrogens is 414 g/mol. The lowest BCUT2D eigenvalue weighted by molar-refractivity contribution is -0.121. The Bertz CT molecular complexity index is 1040. The Labute approximate surface area is 185 Å². The van der Waals surface area contributed by atoms with Crippen LogP contribution in [0.25, 0.3) is 0 Å². The number of rotatable bonds is 9. The second-order valence-electron chi connectivity index (χ2n) is 6.66. The van der Waals surface area contributed by atoms with Crippen LogP contribution in [-0.4, -0.2) is 24.6 Å². The first-order chi connectivity index (χ1) is 15.1. The van der Waals surface area contributed by atoms with E-state index in [2.05, 4.69) is 15.8 Å². The molecule has 3 aromatic rings. The van der Waals surface area contributed by atoms with Crippen molar-refractivity contribution in [2.24, 2.45) is 5.10 Å². The van der Waals surface area contributed by atoms with Gasteiger partial charge in [0.1, 0.15) is 5.75 Å². The van der Waals surface area contributed by atoms with Crippen molar-refractivity contribution in [3.05, 3.63) is 95.0 Å². The van der Waals surface area contributed by atoms with Crippen molar-refractivity contribution >= 4 is 35.3 Å². The van der Waals surface area contributed by atoms with E-state index in [1.807, 2.05) is 30.3 Å². The zero-order valence-corrected chi connectivity index (χ0v) is 17.5. The van der Waals surface area contributed by atoms with Gasteiger partial charge in [0.25, 0.3) is 5.91 Å². The maximum Gasteiger partial charge on any atom is 0.262 e. The Morgan fingerprint density at radius 1 is 0.903 bits per heavy atom. The molecule has 0 bridgehead atoms. The number of nitrogens with zero attached hydrogens (tertiary/aromatic N) is 1. The van der Waals surface area contributed by atoms with Crippen LogP contribution >= 0.6 is 11.6 Å². The number of ether oxygens (including phenoxy) is 1. The molecule has 0 heterocycles. The van der Waals surface area contributed by atoms with E-state index in [0.29, 0.717) is 29.3 Å². The number of carbonyl (C=O) groups is 2. The summed E-state index contributed by atoms with van der Waals surface area (Å²) in [6.07, 6.45) is 2.58. The number of amides is 2. The van der Waals surface area contributed by atoms with Crippen LogP contribution in [0.4, 0.5) is 5.69 Å². The molecule has 0 aliphatic rings. The molecule has 0 radical (unpaired) electrons. The van der Waals surface area contributed by atoms with E-state index in [1.165, 1.54) is 0 Å². The number of carbonyl (C=O) groups excluding carboxylic acids is 2. The van der Waals surface area contributed by atoms with Crippen LogP contribution < -0.4 is 15.5 Å². The molecular formula is C24H22ClN3O3. The predicted molar refractivity (Wildman–Crippen MR) is 123 cm³/mol. The lowest BCUT2D eigenvalue weighted by Crippen LogP contribution is -2.20. The SMILES string of the molecule is O=C(CCc1ccccc1)N/N=C\c1ccc(OCC(=O)Nc2ccccc2Cl)cc1. The number of nitrogens with one attached hydrogen (secondary N) is 2. The second-order valence-corrected chi connectivity index (χ2v) is 7.07. The zero-order valence-electron chi connectivity index (χ0n) is 16.8. The molecule has 3 aromatic carbocycles. The lowest BCUT2D eigenvalue weighted by atomic mass is 10.1. The topological polar surface area (TPSA) is 79.8 Å². The molecule has 0 spiro atoms. The third kappa shape index (κ3) is 7.60. The molecule has 0 aliphatic heterocycles.